The zero-order chi connectivity index (χ0) is 22.2. The average molecular weight is 425 g/mol. The van der Waals surface area contributed by atoms with Crippen LogP contribution < -0.4 is 15.2 Å². The number of esters is 1. The standard InChI is InChI=1S/C23H28N4O4/c1-2-29-19-10-9-18(21(24)25)15-20(19)30-13-14-31-23(28)17-7-5-16(6-8-17)22(26)27-11-3-4-12-27/h5-10,15,26H,2-4,11-14H2,1H3,(H3,24,25). The summed E-state index contributed by atoms with van der Waals surface area (Å²) in [5, 5.41) is 15.8. The molecule has 1 aliphatic heterocycles. The summed E-state index contributed by atoms with van der Waals surface area (Å²) in [7, 11) is 0. The van der Waals surface area contributed by atoms with Crippen LogP contribution in [0.2, 0.25) is 0 Å². The number of carbonyl (C=O) groups is 1. The van der Waals surface area contributed by atoms with Crippen molar-refractivity contribution in [1.82, 2.24) is 4.90 Å². The molecule has 1 saturated heterocycles. The van der Waals surface area contributed by atoms with Gasteiger partial charge in [0.15, 0.2) is 11.5 Å². The van der Waals surface area contributed by atoms with E-state index in [0.717, 1.165) is 31.5 Å². The first-order chi connectivity index (χ1) is 15.0. The zero-order valence-corrected chi connectivity index (χ0v) is 17.6. The number of hydrogen-bond donors (Lipinski definition) is 3. The predicted molar refractivity (Wildman–Crippen MR) is 118 cm³/mol. The van der Waals surface area contributed by atoms with E-state index in [0.29, 0.717) is 35.1 Å². The summed E-state index contributed by atoms with van der Waals surface area (Å²) in [6.45, 7) is 4.33. The molecule has 0 amide bonds. The SMILES string of the molecule is CCOc1ccc(C(=N)N)cc1OCCOC(=O)c1ccc(C(=N)N2CCCC2)cc1. The van der Waals surface area contributed by atoms with Gasteiger partial charge in [-0.2, -0.15) is 0 Å². The minimum atomic E-state index is -0.453. The molecular formula is C23H28N4O4. The smallest absolute Gasteiger partial charge is 0.338 e. The van der Waals surface area contributed by atoms with Gasteiger partial charge in [0, 0.05) is 24.2 Å². The van der Waals surface area contributed by atoms with Gasteiger partial charge >= 0.3 is 5.97 Å². The van der Waals surface area contributed by atoms with Crippen LogP contribution in [0.15, 0.2) is 42.5 Å². The van der Waals surface area contributed by atoms with Crippen molar-refractivity contribution >= 4 is 17.6 Å². The summed E-state index contributed by atoms with van der Waals surface area (Å²) in [4.78, 5) is 14.3. The van der Waals surface area contributed by atoms with E-state index in [9.17, 15) is 4.79 Å². The molecule has 164 valence electrons. The fraction of sp³-hybridized carbons (Fsp3) is 0.348. The Morgan fingerprint density at radius 1 is 0.935 bits per heavy atom. The Balaban J connectivity index is 1.51. The largest absolute Gasteiger partial charge is 0.490 e. The summed E-state index contributed by atoms with van der Waals surface area (Å²) >= 11 is 0. The first kappa shape index (κ1) is 22.1. The lowest BCUT2D eigenvalue weighted by molar-refractivity contribution is 0.0449. The average Bonchev–Trinajstić information content (AvgIpc) is 3.32. The molecule has 3 rings (SSSR count). The molecule has 1 fully saturated rings. The van der Waals surface area contributed by atoms with Crippen molar-refractivity contribution in [1.29, 1.82) is 10.8 Å². The quantitative estimate of drug-likeness (QED) is 0.246. The number of benzene rings is 2. The molecule has 0 atom stereocenters. The third-order valence-electron chi connectivity index (χ3n) is 4.94. The molecule has 8 nitrogen and oxygen atoms in total. The van der Waals surface area contributed by atoms with Crippen LogP contribution in [0.1, 0.15) is 41.3 Å². The molecule has 31 heavy (non-hydrogen) atoms. The van der Waals surface area contributed by atoms with Crippen LogP contribution in [0, 0.1) is 10.8 Å². The van der Waals surface area contributed by atoms with Gasteiger partial charge in [-0.05, 0) is 50.1 Å². The molecule has 0 aromatic heterocycles. The number of carbonyl (C=O) groups excluding carboxylic acids is 1. The molecule has 0 saturated carbocycles. The van der Waals surface area contributed by atoms with Gasteiger partial charge in [0.1, 0.15) is 24.9 Å². The molecule has 2 aromatic carbocycles. The van der Waals surface area contributed by atoms with Crippen LogP contribution in [-0.2, 0) is 4.74 Å². The highest BCUT2D eigenvalue weighted by Gasteiger charge is 2.17. The van der Waals surface area contributed by atoms with Crippen molar-refractivity contribution in [3.8, 4) is 11.5 Å². The normalized spacial score (nSPS) is 13.0. The Hall–Kier alpha value is -3.55. The van der Waals surface area contributed by atoms with Gasteiger partial charge < -0.3 is 24.8 Å². The fourth-order valence-electron chi connectivity index (χ4n) is 3.32. The Morgan fingerprint density at radius 2 is 1.58 bits per heavy atom. The molecule has 0 unspecified atom stereocenters. The van der Waals surface area contributed by atoms with E-state index in [2.05, 4.69) is 0 Å². The number of ether oxygens (including phenoxy) is 3. The molecule has 2 aromatic rings. The molecule has 0 spiro atoms. The second kappa shape index (κ2) is 10.5. The van der Waals surface area contributed by atoms with Crippen molar-refractivity contribution < 1.29 is 19.0 Å². The van der Waals surface area contributed by atoms with Crippen LogP contribution in [0.4, 0.5) is 0 Å². The number of rotatable bonds is 9. The summed E-state index contributed by atoms with van der Waals surface area (Å²) in [5.74, 6) is 0.944. The first-order valence-electron chi connectivity index (χ1n) is 10.3. The summed E-state index contributed by atoms with van der Waals surface area (Å²) in [6, 6.07) is 11.9. The summed E-state index contributed by atoms with van der Waals surface area (Å²) < 4.78 is 16.5. The molecule has 0 aliphatic carbocycles. The topological polar surface area (TPSA) is 122 Å². The van der Waals surface area contributed by atoms with Gasteiger partial charge in [-0.3, -0.25) is 10.8 Å². The Labute approximate surface area is 181 Å². The van der Waals surface area contributed by atoms with Crippen LogP contribution >= 0.6 is 0 Å². The van der Waals surface area contributed by atoms with Gasteiger partial charge in [-0.25, -0.2) is 4.79 Å². The van der Waals surface area contributed by atoms with Crippen molar-refractivity contribution in [3.63, 3.8) is 0 Å². The van der Waals surface area contributed by atoms with Gasteiger partial charge in [0.2, 0.25) is 0 Å². The maximum absolute atomic E-state index is 12.3. The highest BCUT2D eigenvalue weighted by Crippen LogP contribution is 2.28. The van der Waals surface area contributed by atoms with Gasteiger partial charge in [-0.15, -0.1) is 0 Å². The molecular weight excluding hydrogens is 396 g/mol. The number of nitrogens with zero attached hydrogens (tertiary/aromatic N) is 1. The minimum Gasteiger partial charge on any atom is -0.490 e. The molecule has 8 heteroatoms. The lowest BCUT2D eigenvalue weighted by atomic mass is 10.1. The Morgan fingerprint density at radius 3 is 2.23 bits per heavy atom. The summed E-state index contributed by atoms with van der Waals surface area (Å²) in [5.41, 5.74) is 7.27. The van der Waals surface area contributed by atoms with Crippen molar-refractivity contribution in [2.24, 2.45) is 5.73 Å². The van der Waals surface area contributed by atoms with E-state index in [1.807, 2.05) is 11.8 Å². The number of nitrogens with two attached hydrogens (primary N) is 1. The zero-order valence-electron chi connectivity index (χ0n) is 17.6. The summed E-state index contributed by atoms with van der Waals surface area (Å²) in [6.07, 6.45) is 2.22. The van der Waals surface area contributed by atoms with E-state index >= 15 is 0 Å². The number of nitrogens with one attached hydrogen (secondary N) is 2. The van der Waals surface area contributed by atoms with Crippen LogP contribution in [0.3, 0.4) is 0 Å². The maximum Gasteiger partial charge on any atom is 0.338 e. The molecule has 0 bridgehead atoms. The van der Waals surface area contributed by atoms with E-state index in [-0.39, 0.29) is 19.0 Å². The van der Waals surface area contributed by atoms with E-state index < -0.39 is 5.97 Å². The van der Waals surface area contributed by atoms with Gasteiger partial charge in [-0.1, -0.05) is 12.1 Å². The lowest BCUT2D eigenvalue weighted by Gasteiger charge is -2.18. The van der Waals surface area contributed by atoms with Crippen LogP contribution in [0.5, 0.6) is 11.5 Å². The Bertz CT molecular complexity index is 937. The number of hydrogen-bond acceptors (Lipinski definition) is 6. The second-order valence-corrected chi connectivity index (χ2v) is 7.11. The van der Waals surface area contributed by atoms with Crippen LogP contribution in [0.25, 0.3) is 0 Å². The highest BCUT2D eigenvalue weighted by molar-refractivity contribution is 5.98. The van der Waals surface area contributed by atoms with E-state index in [1.54, 1.807) is 42.5 Å². The monoisotopic (exact) mass is 424 g/mol. The molecule has 0 radical (unpaired) electrons. The first-order valence-corrected chi connectivity index (χ1v) is 10.3. The molecule has 4 N–H and O–H groups in total. The molecule has 1 aliphatic rings. The number of nitrogen functional groups attached to an aromatic ring is 1. The van der Waals surface area contributed by atoms with Gasteiger partial charge in [0.05, 0.1) is 12.2 Å². The number of likely N-dealkylation sites (tertiary alicyclic amines) is 1. The number of amidine groups is 2. The lowest BCUT2D eigenvalue weighted by Crippen LogP contribution is -2.27. The van der Waals surface area contributed by atoms with Crippen molar-refractivity contribution in [2.45, 2.75) is 19.8 Å². The molecule has 1 heterocycles. The second-order valence-electron chi connectivity index (χ2n) is 7.11. The third kappa shape index (κ3) is 5.75. The fourth-order valence-corrected chi connectivity index (χ4v) is 3.32. The predicted octanol–water partition coefficient (Wildman–Crippen LogP) is 3.03. The highest BCUT2D eigenvalue weighted by atomic mass is 16.6. The van der Waals surface area contributed by atoms with E-state index in [4.69, 9.17) is 30.8 Å². The Kier molecular flexibility index (Phi) is 7.48. The minimum absolute atomic E-state index is 0.0556. The maximum atomic E-state index is 12.3. The third-order valence-corrected chi connectivity index (χ3v) is 4.94. The van der Waals surface area contributed by atoms with E-state index in [1.165, 1.54) is 0 Å². The van der Waals surface area contributed by atoms with Crippen LogP contribution in [-0.4, -0.2) is 55.5 Å². The van der Waals surface area contributed by atoms with Crippen molar-refractivity contribution in [3.05, 3.63) is 59.2 Å². The van der Waals surface area contributed by atoms with Crippen molar-refractivity contribution in [2.75, 3.05) is 32.9 Å². The van der Waals surface area contributed by atoms with Gasteiger partial charge in [0.25, 0.3) is 0 Å².